The van der Waals surface area contributed by atoms with Gasteiger partial charge in [0.2, 0.25) is 0 Å². The van der Waals surface area contributed by atoms with E-state index in [0.717, 1.165) is 46.8 Å². The number of aliphatic hydroxyl groups excluding tert-OH is 1. The molecule has 0 amide bonds. The zero-order chi connectivity index (χ0) is 13.2. The van der Waals surface area contributed by atoms with Crippen LogP contribution in [-0.2, 0) is 0 Å². The molecule has 2 aromatic rings. The van der Waals surface area contributed by atoms with Gasteiger partial charge in [0.15, 0.2) is 5.13 Å². The summed E-state index contributed by atoms with van der Waals surface area (Å²) in [5.41, 5.74) is 7.51. The fraction of sp³-hybridized carbons (Fsp3) is 0.500. The molecule has 0 bridgehead atoms. The molecule has 1 fully saturated rings. The zero-order valence-electron chi connectivity index (χ0n) is 10.8. The molecule has 19 heavy (non-hydrogen) atoms. The maximum absolute atomic E-state index is 9.95. The molecule has 1 aliphatic rings. The molecule has 0 spiro atoms. The first kappa shape index (κ1) is 12.7. The van der Waals surface area contributed by atoms with E-state index in [1.165, 1.54) is 6.42 Å². The van der Waals surface area contributed by atoms with Gasteiger partial charge in [0.1, 0.15) is 0 Å². The van der Waals surface area contributed by atoms with Gasteiger partial charge in [-0.2, -0.15) is 0 Å². The van der Waals surface area contributed by atoms with Gasteiger partial charge in [0.05, 0.1) is 16.3 Å². The maximum atomic E-state index is 9.95. The van der Waals surface area contributed by atoms with Crippen molar-refractivity contribution in [1.82, 2.24) is 4.98 Å². The van der Waals surface area contributed by atoms with Crippen LogP contribution in [0.2, 0.25) is 0 Å². The summed E-state index contributed by atoms with van der Waals surface area (Å²) in [6, 6.07) is 5.77. The Bertz CT molecular complexity index is 569. The van der Waals surface area contributed by atoms with Gasteiger partial charge >= 0.3 is 0 Å². The number of hydrogen-bond donors (Lipinski definition) is 3. The van der Waals surface area contributed by atoms with Gasteiger partial charge in [-0.15, -0.1) is 0 Å². The van der Waals surface area contributed by atoms with E-state index in [1.54, 1.807) is 11.3 Å². The summed E-state index contributed by atoms with van der Waals surface area (Å²) in [7, 11) is 0. The average Bonchev–Trinajstić information content (AvgIpc) is 2.79. The minimum atomic E-state index is -0.161. The molecule has 2 atom stereocenters. The molecule has 5 heteroatoms. The third-order valence-corrected chi connectivity index (χ3v) is 4.77. The normalized spacial score (nSPS) is 23.6. The summed E-state index contributed by atoms with van der Waals surface area (Å²) < 4.78 is 1.10. The second-order valence-electron chi connectivity index (χ2n) is 5.24. The van der Waals surface area contributed by atoms with Crippen molar-refractivity contribution in [3.05, 3.63) is 18.2 Å². The summed E-state index contributed by atoms with van der Waals surface area (Å²) in [4.78, 5) is 4.53. The summed E-state index contributed by atoms with van der Waals surface area (Å²) in [6.07, 6.45) is 4.25. The van der Waals surface area contributed by atoms with Gasteiger partial charge < -0.3 is 16.2 Å². The Morgan fingerprint density at radius 1 is 1.37 bits per heavy atom. The minimum Gasteiger partial charge on any atom is -0.399 e. The number of thiazole rings is 1. The van der Waals surface area contributed by atoms with Gasteiger partial charge in [-0.1, -0.05) is 24.2 Å². The standard InChI is InChI=1S/C14H19N3OS/c15-10-5-6-11-13(7-10)19-14(17-11)16-8-9-3-1-2-4-12(9)18/h5-7,9,12,18H,1-4,8,15H2,(H,16,17). The number of nitrogen functional groups attached to an aromatic ring is 1. The van der Waals surface area contributed by atoms with Gasteiger partial charge in [0.25, 0.3) is 0 Å². The lowest BCUT2D eigenvalue weighted by atomic mass is 9.86. The highest BCUT2D eigenvalue weighted by atomic mass is 32.1. The Labute approximate surface area is 116 Å². The Balaban J connectivity index is 1.68. The maximum Gasteiger partial charge on any atom is 0.183 e. The summed E-state index contributed by atoms with van der Waals surface area (Å²) in [5, 5.41) is 14.2. The Hall–Kier alpha value is -1.33. The highest BCUT2D eigenvalue weighted by Crippen LogP contribution is 2.29. The number of benzene rings is 1. The molecule has 102 valence electrons. The Morgan fingerprint density at radius 2 is 2.21 bits per heavy atom. The van der Waals surface area contributed by atoms with Crippen molar-refractivity contribution < 1.29 is 5.11 Å². The van der Waals surface area contributed by atoms with Crippen LogP contribution >= 0.6 is 11.3 Å². The lowest BCUT2D eigenvalue weighted by Gasteiger charge is -2.27. The number of nitrogens with one attached hydrogen (secondary N) is 1. The monoisotopic (exact) mass is 277 g/mol. The minimum absolute atomic E-state index is 0.161. The first-order valence-corrected chi connectivity index (χ1v) is 7.62. The highest BCUT2D eigenvalue weighted by molar-refractivity contribution is 7.22. The zero-order valence-corrected chi connectivity index (χ0v) is 11.6. The van der Waals surface area contributed by atoms with E-state index in [2.05, 4.69) is 10.3 Å². The number of aliphatic hydroxyl groups is 1. The number of fused-ring (bicyclic) bond motifs is 1. The fourth-order valence-electron chi connectivity index (χ4n) is 2.66. The Morgan fingerprint density at radius 3 is 3.05 bits per heavy atom. The molecule has 4 N–H and O–H groups in total. The third kappa shape index (κ3) is 2.82. The van der Waals surface area contributed by atoms with E-state index in [1.807, 2.05) is 18.2 Å². The smallest absolute Gasteiger partial charge is 0.183 e. The predicted molar refractivity (Wildman–Crippen MR) is 80.5 cm³/mol. The van der Waals surface area contributed by atoms with E-state index in [0.29, 0.717) is 5.92 Å². The molecule has 1 aliphatic carbocycles. The van der Waals surface area contributed by atoms with Gasteiger partial charge in [-0.3, -0.25) is 0 Å². The van der Waals surface area contributed by atoms with Crippen LogP contribution in [0.15, 0.2) is 18.2 Å². The molecule has 3 rings (SSSR count). The molecule has 1 saturated carbocycles. The van der Waals surface area contributed by atoms with Crippen molar-refractivity contribution in [3.63, 3.8) is 0 Å². The summed E-state index contributed by atoms with van der Waals surface area (Å²) in [5.74, 6) is 0.353. The van der Waals surface area contributed by atoms with Crippen LogP contribution < -0.4 is 11.1 Å². The molecule has 1 aromatic carbocycles. The van der Waals surface area contributed by atoms with E-state index >= 15 is 0 Å². The van der Waals surface area contributed by atoms with E-state index < -0.39 is 0 Å². The topological polar surface area (TPSA) is 71.2 Å². The van der Waals surface area contributed by atoms with Crippen LogP contribution in [0.5, 0.6) is 0 Å². The quantitative estimate of drug-likeness (QED) is 0.754. The first-order valence-electron chi connectivity index (χ1n) is 6.80. The van der Waals surface area contributed by atoms with Crippen molar-refractivity contribution in [2.75, 3.05) is 17.6 Å². The van der Waals surface area contributed by atoms with Crippen LogP contribution in [0.3, 0.4) is 0 Å². The van der Waals surface area contributed by atoms with Crippen molar-refractivity contribution in [2.45, 2.75) is 31.8 Å². The molecule has 0 aliphatic heterocycles. The van der Waals surface area contributed by atoms with Crippen molar-refractivity contribution in [1.29, 1.82) is 0 Å². The van der Waals surface area contributed by atoms with Crippen LogP contribution in [0, 0.1) is 5.92 Å². The molecule has 1 heterocycles. The molecular weight excluding hydrogens is 258 g/mol. The molecule has 4 nitrogen and oxygen atoms in total. The number of rotatable bonds is 3. The van der Waals surface area contributed by atoms with Crippen LogP contribution in [0.25, 0.3) is 10.2 Å². The van der Waals surface area contributed by atoms with Crippen LogP contribution in [0.1, 0.15) is 25.7 Å². The van der Waals surface area contributed by atoms with Gasteiger partial charge in [-0.05, 0) is 31.0 Å². The van der Waals surface area contributed by atoms with Crippen LogP contribution in [0.4, 0.5) is 10.8 Å². The number of hydrogen-bond acceptors (Lipinski definition) is 5. The average molecular weight is 277 g/mol. The fourth-order valence-corrected chi connectivity index (χ4v) is 3.58. The highest BCUT2D eigenvalue weighted by Gasteiger charge is 2.22. The predicted octanol–water partition coefficient (Wildman–Crippen LogP) is 2.84. The molecule has 2 unspecified atom stereocenters. The van der Waals surface area contributed by atoms with Crippen molar-refractivity contribution in [2.24, 2.45) is 5.92 Å². The number of anilines is 2. The SMILES string of the molecule is Nc1ccc2nc(NCC3CCCCC3O)sc2c1. The Kier molecular flexibility index (Phi) is 3.57. The van der Waals surface area contributed by atoms with E-state index in [-0.39, 0.29) is 6.10 Å². The molecule has 0 radical (unpaired) electrons. The van der Waals surface area contributed by atoms with Crippen LogP contribution in [-0.4, -0.2) is 22.7 Å². The molecule has 0 saturated heterocycles. The lowest BCUT2D eigenvalue weighted by molar-refractivity contribution is 0.0763. The lowest BCUT2D eigenvalue weighted by Crippen LogP contribution is -2.30. The van der Waals surface area contributed by atoms with Gasteiger partial charge in [0, 0.05) is 18.2 Å². The molecule has 1 aromatic heterocycles. The van der Waals surface area contributed by atoms with Gasteiger partial charge in [-0.25, -0.2) is 4.98 Å². The van der Waals surface area contributed by atoms with E-state index in [4.69, 9.17) is 5.73 Å². The first-order chi connectivity index (χ1) is 9.22. The number of aromatic nitrogens is 1. The molecular formula is C14H19N3OS. The van der Waals surface area contributed by atoms with E-state index in [9.17, 15) is 5.11 Å². The third-order valence-electron chi connectivity index (χ3n) is 3.80. The second kappa shape index (κ2) is 5.35. The number of nitrogens with two attached hydrogens (primary N) is 1. The van der Waals surface area contributed by atoms with Crippen molar-refractivity contribution >= 4 is 32.4 Å². The summed E-state index contributed by atoms with van der Waals surface area (Å²) >= 11 is 1.62. The summed E-state index contributed by atoms with van der Waals surface area (Å²) in [6.45, 7) is 0.802. The second-order valence-corrected chi connectivity index (χ2v) is 6.27. The largest absolute Gasteiger partial charge is 0.399 e. The van der Waals surface area contributed by atoms with Crippen molar-refractivity contribution in [3.8, 4) is 0 Å². The number of nitrogens with zero attached hydrogens (tertiary/aromatic N) is 1.